The van der Waals surface area contributed by atoms with Crippen LogP contribution in [0.5, 0.6) is 0 Å². The third-order valence-corrected chi connectivity index (χ3v) is 4.23. The van der Waals surface area contributed by atoms with Gasteiger partial charge in [-0.3, -0.25) is 10.1 Å². The first-order chi connectivity index (χ1) is 11.6. The van der Waals surface area contributed by atoms with Crippen molar-refractivity contribution in [3.05, 3.63) is 47.0 Å². The van der Waals surface area contributed by atoms with E-state index in [-0.39, 0.29) is 5.91 Å². The van der Waals surface area contributed by atoms with E-state index in [2.05, 4.69) is 25.3 Å². The molecular formula is C16H13N5O2S. The van der Waals surface area contributed by atoms with Crippen LogP contribution in [0.3, 0.4) is 0 Å². The number of carbonyl (C=O) groups excluding carboxylic acids is 1. The lowest BCUT2D eigenvalue weighted by molar-refractivity contribution is 0.102. The van der Waals surface area contributed by atoms with Crippen molar-refractivity contribution < 1.29 is 9.21 Å². The summed E-state index contributed by atoms with van der Waals surface area (Å²) in [5.74, 6) is 1.58. The first kappa shape index (κ1) is 14.6. The number of imidazole rings is 1. The average molecular weight is 339 g/mol. The summed E-state index contributed by atoms with van der Waals surface area (Å²) in [5.41, 5.74) is 2.47. The van der Waals surface area contributed by atoms with Gasteiger partial charge in [-0.05, 0) is 19.1 Å². The molecule has 8 heteroatoms. The van der Waals surface area contributed by atoms with Gasteiger partial charge in [0.25, 0.3) is 5.91 Å². The predicted octanol–water partition coefficient (Wildman–Crippen LogP) is 3.54. The van der Waals surface area contributed by atoms with E-state index in [0.29, 0.717) is 39.4 Å². The number of hydrogen-bond acceptors (Lipinski definition) is 6. The highest BCUT2D eigenvalue weighted by Crippen LogP contribution is 2.25. The zero-order valence-electron chi connectivity index (χ0n) is 13.0. The Hall–Kier alpha value is -3.00. The van der Waals surface area contributed by atoms with Crippen LogP contribution in [0.4, 0.5) is 5.13 Å². The standard InChI is InChI=1S/C16H13N5O2S/c1-8-12(18-9(2)23-8)14-19-11-5-3-4-10(13(11)20-14)15(22)21-16-17-6-7-24-16/h3-7H,1-2H3,(H,19,20)(H,17,21,22). The molecule has 1 aromatic carbocycles. The van der Waals surface area contributed by atoms with E-state index in [0.717, 1.165) is 5.52 Å². The van der Waals surface area contributed by atoms with Crippen LogP contribution in [-0.2, 0) is 0 Å². The molecule has 1 amide bonds. The van der Waals surface area contributed by atoms with Crippen molar-refractivity contribution in [1.82, 2.24) is 19.9 Å². The lowest BCUT2D eigenvalue weighted by Crippen LogP contribution is -2.12. The van der Waals surface area contributed by atoms with Crippen LogP contribution in [0.25, 0.3) is 22.6 Å². The topological polar surface area (TPSA) is 96.7 Å². The fraction of sp³-hybridized carbons (Fsp3) is 0.125. The second-order valence-corrected chi connectivity index (χ2v) is 6.11. The molecule has 0 unspecified atom stereocenters. The number of rotatable bonds is 3. The molecule has 0 atom stereocenters. The SMILES string of the molecule is Cc1nc(-c2nc3c(C(=O)Nc4nccs4)cccc3[nH]2)c(C)o1. The highest BCUT2D eigenvalue weighted by Gasteiger charge is 2.18. The molecule has 120 valence electrons. The van der Waals surface area contributed by atoms with E-state index in [9.17, 15) is 4.79 Å². The van der Waals surface area contributed by atoms with Gasteiger partial charge in [-0.2, -0.15) is 0 Å². The van der Waals surface area contributed by atoms with Crippen LogP contribution in [0.1, 0.15) is 22.0 Å². The monoisotopic (exact) mass is 339 g/mol. The Morgan fingerprint density at radius 3 is 2.88 bits per heavy atom. The molecule has 24 heavy (non-hydrogen) atoms. The second-order valence-electron chi connectivity index (χ2n) is 5.22. The molecule has 2 N–H and O–H groups in total. The summed E-state index contributed by atoms with van der Waals surface area (Å²) >= 11 is 1.36. The largest absolute Gasteiger partial charge is 0.446 e. The van der Waals surface area contributed by atoms with Crippen molar-refractivity contribution >= 4 is 33.4 Å². The smallest absolute Gasteiger partial charge is 0.259 e. The quantitative estimate of drug-likeness (QED) is 0.595. The van der Waals surface area contributed by atoms with Gasteiger partial charge in [0.2, 0.25) is 0 Å². The number of thiazole rings is 1. The van der Waals surface area contributed by atoms with Gasteiger partial charge < -0.3 is 9.40 Å². The third-order valence-electron chi connectivity index (χ3n) is 3.54. The van der Waals surface area contributed by atoms with E-state index in [1.54, 1.807) is 24.6 Å². The minimum Gasteiger partial charge on any atom is -0.446 e. The molecule has 0 aliphatic carbocycles. The Morgan fingerprint density at radius 2 is 2.17 bits per heavy atom. The van der Waals surface area contributed by atoms with Gasteiger partial charge in [-0.15, -0.1) is 11.3 Å². The number of hydrogen-bond donors (Lipinski definition) is 2. The number of aromatic nitrogens is 4. The summed E-state index contributed by atoms with van der Waals surface area (Å²) in [5, 5.41) is 5.13. The molecule has 0 aliphatic rings. The number of H-pyrrole nitrogens is 1. The molecule has 3 aromatic heterocycles. The Morgan fingerprint density at radius 1 is 1.29 bits per heavy atom. The maximum atomic E-state index is 12.5. The Labute approximate surface area is 140 Å². The van der Waals surface area contributed by atoms with E-state index < -0.39 is 0 Å². The van der Waals surface area contributed by atoms with Crippen molar-refractivity contribution in [2.45, 2.75) is 13.8 Å². The van der Waals surface area contributed by atoms with Crippen molar-refractivity contribution in [1.29, 1.82) is 0 Å². The summed E-state index contributed by atoms with van der Waals surface area (Å²) in [4.78, 5) is 28.7. The van der Waals surface area contributed by atoms with Gasteiger partial charge in [0.05, 0.1) is 11.1 Å². The van der Waals surface area contributed by atoms with Crippen LogP contribution >= 0.6 is 11.3 Å². The maximum absolute atomic E-state index is 12.5. The maximum Gasteiger partial charge on any atom is 0.259 e. The van der Waals surface area contributed by atoms with Crippen molar-refractivity contribution in [3.63, 3.8) is 0 Å². The molecule has 4 aromatic rings. The Balaban J connectivity index is 1.77. The Bertz CT molecular complexity index is 1030. The summed E-state index contributed by atoms with van der Waals surface area (Å²) in [6, 6.07) is 5.41. The summed E-state index contributed by atoms with van der Waals surface area (Å²) in [7, 11) is 0. The highest BCUT2D eigenvalue weighted by atomic mass is 32.1. The molecule has 0 fully saturated rings. The van der Waals surface area contributed by atoms with E-state index >= 15 is 0 Å². The number of carbonyl (C=O) groups is 1. The molecule has 0 spiro atoms. The number of fused-ring (bicyclic) bond motifs is 1. The van der Waals surface area contributed by atoms with Gasteiger partial charge in [0.15, 0.2) is 16.8 Å². The summed E-state index contributed by atoms with van der Waals surface area (Å²) in [6.45, 7) is 3.62. The van der Waals surface area contributed by atoms with Crippen LogP contribution in [0.2, 0.25) is 0 Å². The summed E-state index contributed by atoms with van der Waals surface area (Å²) < 4.78 is 5.46. The number of nitrogens with zero attached hydrogens (tertiary/aromatic N) is 3. The van der Waals surface area contributed by atoms with Gasteiger partial charge >= 0.3 is 0 Å². The fourth-order valence-electron chi connectivity index (χ4n) is 2.53. The number of para-hydroxylation sites is 1. The molecule has 0 radical (unpaired) electrons. The first-order valence-corrected chi connectivity index (χ1v) is 8.14. The zero-order valence-corrected chi connectivity index (χ0v) is 13.8. The lowest BCUT2D eigenvalue weighted by Gasteiger charge is -2.02. The van der Waals surface area contributed by atoms with Crippen molar-refractivity contribution in [3.8, 4) is 11.5 Å². The second kappa shape index (κ2) is 5.57. The number of amides is 1. The van der Waals surface area contributed by atoms with Gasteiger partial charge in [0, 0.05) is 18.5 Å². The molecule has 0 saturated heterocycles. The number of anilines is 1. The lowest BCUT2D eigenvalue weighted by atomic mass is 10.2. The normalized spacial score (nSPS) is 11.1. The molecule has 3 heterocycles. The van der Waals surface area contributed by atoms with Crippen molar-refractivity contribution in [2.75, 3.05) is 5.32 Å². The van der Waals surface area contributed by atoms with Crippen molar-refractivity contribution in [2.24, 2.45) is 0 Å². The number of oxazole rings is 1. The Kier molecular flexibility index (Phi) is 3.39. The molecular weight excluding hydrogens is 326 g/mol. The van der Waals surface area contributed by atoms with Crippen LogP contribution in [-0.4, -0.2) is 25.8 Å². The number of aryl methyl sites for hydroxylation is 2. The number of benzene rings is 1. The predicted molar refractivity (Wildman–Crippen MR) is 91.1 cm³/mol. The first-order valence-electron chi connectivity index (χ1n) is 7.26. The fourth-order valence-corrected chi connectivity index (χ4v) is 3.05. The van der Waals surface area contributed by atoms with E-state index in [4.69, 9.17) is 4.42 Å². The van der Waals surface area contributed by atoms with Crippen LogP contribution in [0, 0.1) is 13.8 Å². The highest BCUT2D eigenvalue weighted by molar-refractivity contribution is 7.13. The van der Waals surface area contributed by atoms with E-state index in [1.807, 2.05) is 19.1 Å². The zero-order chi connectivity index (χ0) is 16.7. The molecule has 0 bridgehead atoms. The van der Waals surface area contributed by atoms with Crippen LogP contribution < -0.4 is 5.32 Å². The van der Waals surface area contributed by atoms with E-state index in [1.165, 1.54) is 11.3 Å². The minimum absolute atomic E-state index is 0.248. The third kappa shape index (κ3) is 2.46. The van der Waals surface area contributed by atoms with Gasteiger partial charge in [-0.25, -0.2) is 15.0 Å². The number of nitrogens with one attached hydrogen (secondary N) is 2. The molecule has 4 rings (SSSR count). The molecule has 0 saturated carbocycles. The van der Waals surface area contributed by atoms with Gasteiger partial charge in [-0.1, -0.05) is 6.07 Å². The van der Waals surface area contributed by atoms with Crippen LogP contribution in [0.15, 0.2) is 34.2 Å². The van der Waals surface area contributed by atoms with Gasteiger partial charge in [0.1, 0.15) is 17.0 Å². The number of aromatic amines is 1. The minimum atomic E-state index is -0.248. The molecule has 0 aliphatic heterocycles. The average Bonchev–Trinajstić information content (AvgIpc) is 3.26. The summed E-state index contributed by atoms with van der Waals surface area (Å²) in [6.07, 6.45) is 1.64. The molecule has 7 nitrogen and oxygen atoms in total.